The number of nitrogens with zero attached hydrogens (tertiary/aromatic N) is 1. The Morgan fingerprint density at radius 2 is 2.36 bits per heavy atom. The van der Waals surface area contributed by atoms with Crippen LogP contribution in [0.15, 0.2) is 24.5 Å². The van der Waals surface area contributed by atoms with Gasteiger partial charge < -0.3 is 0 Å². The first-order valence-corrected chi connectivity index (χ1v) is 4.34. The maximum absolute atomic E-state index is 4.08. The third kappa shape index (κ3) is 2.04. The van der Waals surface area contributed by atoms with E-state index in [0.717, 1.165) is 5.92 Å². The van der Waals surface area contributed by atoms with Crippen LogP contribution < -0.4 is 0 Å². The lowest BCUT2D eigenvalue weighted by atomic mass is 10.1. The molecule has 0 radical (unpaired) electrons. The minimum atomic E-state index is 1.04. The van der Waals surface area contributed by atoms with Crippen molar-refractivity contribution in [1.29, 1.82) is 0 Å². The minimum absolute atomic E-state index is 1.04. The van der Waals surface area contributed by atoms with E-state index in [4.69, 9.17) is 0 Å². The molecule has 0 amide bonds. The minimum Gasteiger partial charge on any atom is -0.264 e. The highest BCUT2D eigenvalue weighted by Crippen LogP contribution is 2.33. The van der Waals surface area contributed by atoms with Crippen LogP contribution in [0.2, 0.25) is 0 Å². The van der Waals surface area contributed by atoms with E-state index in [9.17, 15) is 0 Å². The van der Waals surface area contributed by atoms with Gasteiger partial charge in [-0.25, -0.2) is 0 Å². The molecule has 1 heteroatoms. The number of aromatic nitrogens is 1. The number of aryl methyl sites for hydroxylation is 1. The lowest BCUT2D eigenvalue weighted by molar-refractivity contribution is 0.725. The zero-order chi connectivity index (χ0) is 7.52. The molecule has 1 heterocycles. The topological polar surface area (TPSA) is 12.9 Å². The van der Waals surface area contributed by atoms with Gasteiger partial charge in [0.25, 0.3) is 0 Å². The molecule has 0 bridgehead atoms. The van der Waals surface area contributed by atoms with Crippen LogP contribution in [0, 0.1) is 5.92 Å². The summed E-state index contributed by atoms with van der Waals surface area (Å²) >= 11 is 0. The maximum atomic E-state index is 4.08. The molecule has 1 aromatic rings. The molecule has 11 heavy (non-hydrogen) atoms. The van der Waals surface area contributed by atoms with E-state index in [1.165, 1.54) is 31.2 Å². The predicted molar refractivity (Wildman–Crippen MR) is 45.3 cm³/mol. The van der Waals surface area contributed by atoms with Crippen LogP contribution in [0.3, 0.4) is 0 Å². The molecular formula is C10H13N. The Morgan fingerprint density at radius 3 is 3.00 bits per heavy atom. The molecule has 0 atom stereocenters. The Labute approximate surface area is 67.5 Å². The first-order chi connectivity index (χ1) is 5.45. The highest BCUT2D eigenvalue weighted by atomic mass is 14.6. The fraction of sp³-hybridized carbons (Fsp3) is 0.500. The number of rotatable bonds is 3. The molecular weight excluding hydrogens is 134 g/mol. The van der Waals surface area contributed by atoms with E-state index < -0.39 is 0 Å². The SMILES string of the molecule is c1cncc(CCC2CC2)c1. The van der Waals surface area contributed by atoms with Crippen LogP contribution in [0.25, 0.3) is 0 Å². The van der Waals surface area contributed by atoms with Crippen LogP contribution in [-0.4, -0.2) is 4.98 Å². The van der Waals surface area contributed by atoms with Crippen molar-refractivity contribution >= 4 is 0 Å². The van der Waals surface area contributed by atoms with Crippen molar-refractivity contribution in [1.82, 2.24) is 4.98 Å². The zero-order valence-corrected chi connectivity index (χ0v) is 6.66. The summed E-state index contributed by atoms with van der Waals surface area (Å²) in [7, 11) is 0. The fourth-order valence-corrected chi connectivity index (χ4v) is 1.32. The predicted octanol–water partition coefficient (Wildman–Crippen LogP) is 2.42. The zero-order valence-electron chi connectivity index (χ0n) is 6.66. The molecule has 0 spiro atoms. The Balaban J connectivity index is 1.85. The average molecular weight is 147 g/mol. The summed E-state index contributed by atoms with van der Waals surface area (Å²) in [6, 6.07) is 4.18. The van der Waals surface area contributed by atoms with Gasteiger partial charge in [0.15, 0.2) is 0 Å². The van der Waals surface area contributed by atoms with Crippen molar-refractivity contribution in [3.05, 3.63) is 30.1 Å². The summed E-state index contributed by atoms with van der Waals surface area (Å²) in [4.78, 5) is 4.08. The molecule has 1 saturated carbocycles. The molecule has 1 fully saturated rings. The van der Waals surface area contributed by atoms with Crippen LogP contribution in [0.5, 0.6) is 0 Å². The van der Waals surface area contributed by atoms with E-state index in [-0.39, 0.29) is 0 Å². The molecule has 2 rings (SSSR count). The molecule has 58 valence electrons. The third-order valence-corrected chi connectivity index (χ3v) is 2.26. The summed E-state index contributed by atoms with van der Waals surface area (Å²) < 4.78 is 0. The summed E-state index contributed by atoms with van der Waals surface area (Å²) in [5.41, 5.74) is 1.39. The van der Waals surface area contributed by atoms with E-state index in [1.54, 1.807) is 0 Å². The van der Waals surface area contributed by atoms with E-state index >= 15 is 0 Å². The van der Waals surface area contributed by atoms with Gasteiger partial charge >= 0.3 is 0 Å². The Morgan fingerprint density at radius 1 is 1.45 bits per heavy atom. The van der Waals surface area contributed by atoms with Gasteiger partial charge in [0.2, 0.25) is 0 Å². The standard InChI is InChI=1S/C10H13N/c1-2-10(8-11-7-1)6-5-9-3-4-9/h1-2,7-9H,3-6H2. The molecule has 0 saturated heterocycles. The summed E-state index contributed by atoms with van der Waals surface area (Å²) in [5, 5.41) is 0. The smallest absolute Gasteiger partial charge is 0.0299 e. The second-order valence-corrected chi connectivity index (χ2v) is 3.34. The summed E-state index contributed by atoms with van der Waals surface area (Å²) in [6.07, 6.45) is 9.31. The second kappa shape index (κ2) is 3.04. The average Bonchev–Trinajstić information content (AvgIpc) is 2.86. The molecule has 1 aromatic heterocycles. The molecule has 0 N–H and O–H groups in total. The maximum Gasteiger partial charge on any atom is 0.0299 e. The third-order valence-electron chi connectivity index (χ3n) is 2.26. The Bertz CT molecular complexity index is 214. The van der Waals surface area contributed by atoms with Crippen molar-refractivity contribution in [2.75, 3.05) is 0 Å². The van der Waals surface area contributed by atoms with Crippen molar-refractivity contribution in [2.24, 2.45) is 5.92 Å². The number of hydrogen-bond acceptors (Lipinski definition) is 1. The quantitative estimate of drug-likeness (QED) is 0.639. The monoisotopic (exact) mass is 147 g/mol. The normalized spacial score (nSPS) is 16.7. The van der Waals surface area contributed by atoms with Crippen molar-refractivity contribution in [3.63, 3.8) is 0 Å². The van der Waals surface area contributed by atoms with Gasteiger partial charge in [0, 0.05) is 12.4 Å². The Hall–Kier alpha value is -0.850. The van der Waals surface area contributed by atoms with E-state index in [2.05, 4.69) is 11.1 Å². The first kappa shape index (κ1) is 6.84. The van der Waals surface area contributed by atoms with Crippen molar-refractivity contribution in [3.8, 4) is 0 Å². The van der Waals surface area contributed by atoms with Crippen LogP contribution in [-0.2, 0) is 6.42 Å². The van der Waals surface area contributed by atoms with Gasteiger partial charge in [-0.15, -0.1) is 0 Å². The largest absolute Gasteiger partial charge is 0.264 e. The van der Waals surface area contributed by atoms with Gasteiger partial charge in [-0.1, -0.05) is 18.9 Å². The van der Waals surface area contributed by atoms with Crippen molar-refractivity contribution in [2.45, 2.75) is 25.7 Å². The highest BCUT2D eigenvalue weighted by Gasteiger charge is 2.20. The van der Waals surface area contributed by atoms with Crippen LogP contribution >= 0.6 is 0 Å². The molecule has 1 nitrogen and oxygen atoms in total. The van der Waals surface area contributed by atoms with Crippen LogP contribution in [0.4, 0.5) is 0 Å². The van der Waals surface area contributed by atoms with Gasteiger partial charge in [-0.05, 0) is 30.4 Å². The van der Waals surface area contributed by atoms with Gasteiger partial charge in [0.05, 0.1) is 0 Å². The Kier molecular flexibility index (Phi) is 1.89. The van der Waals surface area contributed by atoms with Gasteiger partial charge in [-0.3, -0.25) is 4.98 Å². The highest BCUT2D eigenvalue weighted by molar-refractivity contribution is 5.08. The van der Waals surface area contributed by atoms with Gasteiger partial charge in [0.1, 0.15) is 0 Å². The summed E-state index contributed by atoms with van der Waals surface area (Å²) in [6.45, 7) is 0. The van der Waals surface area contributed by atoms with Crippen molar-refractivity contribution < 1.29 is 0 Å². The summed E-state index contributed by atoms with van der Waals surface area (Å²) in [5.74, 6) is 1.04. The number of pyridine rings is 1. The molecule has 0 aromatic carbocycles. The lowest BCUT2D eigenvalue weighted by Gasteiger charge is -1.96. The second-order valence-electron chi connectivity index (χ2n) is 3.34. The van der Waals surface area contributed by atoms with Gasteiger partial charge in [-0.2, -0.15) is 0 Å². The molecule has 1 aliphatic rings. The molecule has 0 unspecified atom stereocenters. The molecule has 1 aliphatic carbocycles. The molecule has 0 aliphatic heterocycles. The van der Waals surface area contributed by atoms with E-state index in [0.29, 0.717) is 0 Å². The lowest BCUT2D eigenvalue weighted by Crippen LogP contribution is -1.86. The first-order valence-electron chi connectivity index (χ1n) is 4.34. The fourth-order valence-electron chi connectivity index (χ4n) is 1.32. The van der Waals surface area contributed by atoms with E-state index in [1.807, 2.05) is 18.5 Å². The van der Waals surface area contributed by atoms with Crippen LogP contribution in [0.1, 0.15) is 24.8 Å². The number of hydrogen-bond donors (Lipinski definition) is 0.